The molecule has 2 atom stereocenters. The minimum atomic E-state index is -4.66. The van der Waals surface area contributed by atoms with Gasteiger partial charge in [0.25, 0.3) is 0 Å². The van der Waals surface area contributed by atoms with Crippen LogP contribution in [0.15, 0.2) is 54.1 Å². The Hall–Kier alpha value is -3.12. The van der Waals surface area contributed by atoms with Gasteiger partial charge in [0, 0.05) is 42.3 Å². The van der Waals surface area contributed by atoms with E-state index in [1.165, 1.54) is 18.0 Å². The summed E-state index contributed by atoms with van der Waals surface area (Å²) in [7, 11) is 0. The molecule has 1 N–H and O–H groups in total. The van der Waals surface area contributed by atoms with Crippen molar-refractivity contribution in [1.82, 2.24) is 29.6 Å². The van der Waals surface area contributed by atoms with Crippen LogP contribution in [0.4, 0.5) is 17.6 Å². The van der Waals surface area contributed by atoms with Crippen molar-refractivity contribution >= 4 is 17.9 Å². The van der Waals surface area contributed by atoms with Crippen LogP contribution in [0.5, 0.6) is 0 Å². The number of pyridine rings is 2. The Balaban J connectivity index is 1.44. The molecule has 0 spiro atoms. The highest BCUT2D eigenvalue weighted by Gasteiger charge is 2.37. The molecule has 0 aliphatic carbocycles. The number of carbonyl (C=O) groups excluding carboxylic acids is 1. The Labute approximate surface area is 197 Å². The van der Waals surface area contributed by atoms with Crippen molar-refractivity contribution < 1.29 is 22.4 Å². The molecule has 3 aromatic heterocycles. The van der Waals surface area contributed by atoms with Gasteiger partial charge in [-0.2, -0.15) is 13.2 Å². The molecule has 34 heavy (non-hydrogen) atoms. The summed E-state index contributed by atoms with van der Waals surface area (Å²) in [4.78, 5) is 27.7. The van der Waals surface area contributed by atoms with E-state index >= 15 is 0 Å². The first-order chi connectivity index (χ1) is 16.2. The Morgan fingerprint density at radius 1 is 1.15 bits per heavy atom. The van der Waals surface area contributed by atoms with E-state index in [2.05, 4.69) is 25.3 Å². The zero-order valence-electron chi connectivity index (χ0n) is 18.0. The van der Waals surface area contributed by atoms with Crippen LogP contribution in [0.2, 0.25) is 0 Å². The zero-order chi connectivity index (χ0) is 24.3. The predicted octanol–water partition coefficient (Wildman–Crippen LogP) is 4.27. The standard InChI is InChI=1S/C22H20F4N6OS/c1-13-5-6-18(32(13)34-19-4-2-3-7-27-19)20(33)29-9-14-8-17(28-12-16(14)23)15-10-30-21(31-11-15)22(24,25)26/h2-4,7-8,10-13,18H,5-6,9H2,1H3,(H,29,33)/t13-,18-/m0/s1. The van der Waals surface area contributed by atoms with Crippen LogP contribution < -0.4 is 5.32 Å². The van der Waals surface area contributed by atoms with Crippen LogP contribution in [-0.2, 0) is 17.5 Å². The second kappa shape index (κ2) is 10.0. The van der Waals surface area contributed by atoms with E-state index in [-0.39, 0.29) is 35.3 Å². The molecule has 0 radical (unpaired) electrons. The highest BCUT2D eigenvalue weighted by Crippen LogP contribution is 2.34. The molecule has 1 amide bonds. The van der Waals surface area contributed by atoms with Gasteiger partial charge in [0.2, 0.25) is 11.7 Å². The molecule has 1 aliphatic heterocycles. The highest BCUT2D eigenvalue weighted by atomic mass is 32.2. The highest BCUT2D eigenvalue weighted by molar-refractivity contribution is 7.97. The smallest absolute Gasteiger partial charge is 0.351 e. The van der Waals surface area contributed by atoms with E-state index in [4.69, 9.17) is 0 Å². The molecule has 1 saturated heterocycles. The number of amides is 1. The Kier molecular flexibility index (Phi) is 7.08. The molecule has 3 aromatic rings. The number of alkyl halides is 3. The fourth-order valence-corrected chi connectivity index (χ4v) is 4.63. The molecule has 12 heteroatoms. The van der Waals surface area contributed by atoms with Crippen molar-refractivity contribution in [2.45, 2.75) is 49.6 Å². The van der Waals surface area contributed by atoms with E-state index < -0.39 is 23.9 Å². The van der Waals surface area contributed by atoms with E-state index in [9.17, 15) is 22.4 Å². The first-order valence-electron chi connectivity index (χ1n) is 10.4. The first kappa shape index (κ1) is 24.0. The predicted molar refractivity (Wildman–Crippen MR) is 116 cm³/mol. The van der Waals surface area contributed by atoms with Crippen molar-refractivity contribution in [3.8, 4) is 11.3 Å². The fraction of sp³-hybridized carbons (Fsp3) is 0.318. The average Bonchev–Trinajstić information content (AvgIpc) is 3.18. The van der Waals surface area contributed by atoms with Crippen LogP contribution in [0.25, 0.3) is 11.3 Å². The summed E-state index contributed by atoms with van der Waals surface area (Å²) < 4.78 is 54.4. The molecule has 178 valence electrons. The van der Waals surface area contributed by atoms with Gasteiger partial charge in [0.15, 0.2) is 0 Å². The molecule has 7 nitrogen and oxygen atoms in total. The fourth-order valence-electron chi connectivity index (χ4n) is 3.55. The summed E-state index contributed by atoms with van der Waals surface area (Å²) in [6.07, 6.45) is 1.42. The maximum Gasteiger partial charge on any atom is 0.451 e. The van der Waals surface area contributed by atoms with E-state index in [0.29, 0.717) is 6.42 Å². The Bertz CT molecular complexity index is 1150. The summed E-state index contributed by atoms with van der Waals surface area (Å²) in [5.41, 5.74) is 0.539. The minimum Gasteiger partial charge on any atom is -0.351 e. The number of hydrogen-bond acceptors (Lipinski definition) is 7. The summed E-state index contributed by atoms with van der Waals surface area (Å²) >= 11 is 1.41. The molecule has 1 fully saturated rings. The summed E-state index contributed by atoms with van der Waals surface area (Å²) in [6.45, 7) is 1.93. The largest absolute Gasteiger partial charge is 0.451 e. The van der Waals surface area contributed by atoms with Crippen LogP contribution in [0.1, 0.15) is 31.2 Å². The molecule has 0 saturated carbocycles. The molecule has 0 bridgehead atoms. The number of nitrogens with one attached hydrogen (secondary N) is 1. The number of nitrogens with zero attached hydrogens (tertiary/aromatic N) is 5. The van der Waals surface area contributed by atoms with Gasteiger partial charge >= 0.3 is 6.18 Å². The number of hydrogen-bond donors (Lipinski definition) is 1. The molecule has 4 heterocycles. The quantitative estimate of drug-likeness (QED) is 0.407. The van der Waals surface area contributed by atoms with Crippen molar-refractivity contribution in [2.24, 2.45) is 0 Å². The number of carbonyl (C=O) groups is 1. The molecule has 0 unspecified atom stereocenters. The summed E-state index contributed by atoms with van der Waals surface area (Å²) in [5.74, 6) is -2.16. The van der Waals surface area contributed by atoms with Crippen LogP contribution in [-0.4, -0.2) is 42.2 Å². The third kappa shape index (κ3) is 5.50. The SMILES string of the molecule is C[C@H]1CC[C@@H](C(=O)NCc2cc(-c3cnc(C(F)(F)F)nc3)ncc2F)N1Sc1ccccn1. The van der Waals surface area contributed by atoms with Crippen molar-refractivity contribution in [2.75, 3.05) is 0 Å². The maximum absolute atomic E-state index is 14.3. The van der Waals surface area contributed by atoms with Gasteiger partial charge in [0.1, 0.15) is 10.8 Å². The topological polar surface area (TPSA) is 83.9 Å². The van der Waals surface area contributed by atoms with Crippen molar-refractivity contribution in [3.05, 3.63) is 66.3 Å². The van der Waals surface area contributed by atoms with Crippen LogP contribution in [0.3, 0.4) is 0 Å². The molecule has 0 aromatic carbocycles. The lowest BCUT2D eigenvalue weighted by atomic mass is 10.1. The van der Waals surface area contributed by atoms with Gasteiger partial charge in [0.05, 0.1) is 17.9 Å². The van der Waals surface area contributed by atoms with E-state index in [0.717, 1.165) is 30.0 Å². The van der Waals surface area contributed by atoms with Gasteiger partial charge in [-0.25, -0.2) is 23.6 Å². The van der Waals surface area contributed by atoms with Gasteiger partial charge in [-0.15, -0.1) is 0 Å². The third-order valence-electron chi connectivity index (χ3n) is 5.33. The number of rotatable bonds is 6. The second-order valence-corrected chi connectivity index (χ2v) is 8.76. The Morgan fingerprint density at radius 3 is 2.59 bits per heavy atom. The second-order valence-electron chi connectivity index (χ2n) is 7.73. The molecular weight excluding hydrogens is 472 g/mol. The summed E-state index contributed by atoms with van der Waals surface area (Å²) in [5, 5.41) is 3.54. The zero-order valence-corrected chi connectivity index (χ0v) is 18.8. The third-order valence-corrected chi connectivity index (χ3v) is 6.58. The van der Waals surface area contributed by atoms with Gasteiger partial charge in [-0.1, -0.05) is 6.07 Å². The van der Waals surface area contributed by atoms with E-state index in [1.807, 2.05) is 29.4 Å². The van der Waals surface area contributed by atoms with Crippen LogP contribution in [0, 0.1) is 5.82 Å². The van der Waals surface area contributed by atoms with Crippen LogP contribution >= 0.6 is 11.9 Å². The molecular formula is C22H20F4N6OS. The minimum absolute atomic E-state index is 0.103. The van der Waals surface area contributed by atoms with Gasteiger partial charge in [-0.05, 0) is 49.9 Å². The van der Waals surface area contributed by atoms with E-state index in [1.54, 1.807) is 6.20 Å². The summed E-state index contributed by atoms with van der Waals surface area (Å²) in [6, 6.07) is 6.66. The Morgan fingerprint density at radius 2 is 1.91 bits per heavy atom. The molecule has 1 aliphatic rings. The lowest BCUT2D eigenvalue weighted by Gasteiger charge is -2.25. The monoisotopic (exact) mass is 492 g/mol. The lowest BCUT2D eigenvalue weighted by Crippen LogP contribution is -2.41. The normalized spacial score (nSPS) is 18.7. The maximum atomic E-state index is 14.3. The van der Waals surface area contributed by atoms with Crippen molar-refractivity contribution in [1.29, 1.82) is 0 Å². The first-order valence-corrected chi connectivity index (χ1v) is 11.2. The molecule has 4 rings (SSSR count). The van der Waals surface area contributed by atoms with Crippen molar-refractivity contribution in [3.63, 3.8) is 0 Å². The van der Waals surface area contributed by atoms with Gasteiger partial charge in [-0.3, -0.25) is 9.78 Å². The average molecular weight is 493 g/mol. The number of aromatic nitrogens is 4. The number of halogens is 4. The van der Waals surface area contributed by atoms with Gasteiger partial charge < -0.3 is 5.32 Å². The lowest BCUT2D eigenvalue weighted by molar-refractivity contribution is -0.145.